The van der Waals surface area contributed by atoms with E-state index < -0.39 is 0 Å². The van der Waals surface area contributed by atoms with Crippen LogP contribution in [0.2, 0.25) is 0 Å². The van der Waals surface area contributed by atoms with Crippen LogP contribution in [0, 0.1) is 0 Å². The molecule has 1 nitrogen and oxygen atoms in total. The molecule has 0 saturated carbocycles. The van der Waals surface area contributed by atoms with E-state index in [2.05, 4.69) is 72.8 Å². The summed E-state index contributed by atoms with van der Waals surface area (Å²) in [5.41, 5.74) is 8.03. The standard InChI is InChI=1S/C27H21NS/c1-2-8-18(9-3-1)20-12-7-15-24-25(20)22-13-6-14-23(27(22)29-24)26-21-11-5-4-10-19(21)16-17-28-26/h1-3,6-9,12-17H,4-5,10-11H2. The van der Waals surface area contributed by atoms with E-state index in [9.17, 15) is 0 Å². The Bertz CT molecular complexity index is 1350. The van der Waals surface area contributed by atoms with Crippen LogP contribution < -0.4 is 0 Å². The average molecular weight is 392 g/mol. The number of benzene rings is 3. The Morgan fingerprint density at radius 3 is 2.48 bits per heavy atom. The number of hydrogen-bond donors (Lipinski definition) is 0. The summed E-state index contributed by atoms with van der Waals surface area (Å²) in [7, 11) is 0. The minimum Gasteiger partial charge on any atom is -0.256 e. The largest absolute Gasteiger partial charge is 0.256 e. The quantitative estimate of drug-likeness (QED) is 0.301. The van der Waals surface area contributed by atoms with E-state index in [0.717, 1.165) is 6.42 Å². The zero-order chi connectivity index (χ0) is 19.2. The lowest BCUT2D eigenvalue weighted by molar-refractivity contribution is 0.684. The zero-order valence-electron chi connectivity index (χ0n) is 16.2. The van der Waals surface area contributed by atoms with Gasteiger partial charge in [0.15, 0.2) is 0 Å². The lowest BCUT2D eigenvalue weighted by Crippen LogP contribution is -2.05. The van der Waals surface area contributed by atoms with Crippen LogP contribution in [0.15, 0.2) is 79.0 Å². The van der Waals surface area contributed by atoms with Gasteiger partial charge in [0, 0.05) is 31.9 Å². The van der Waals surface area contributed by atoms with Gasteiger partial charge in [-0.25, -0.2) is 0 Å². The van der Waals surface area contributed by atoms with Crippen molar-refractivity contribution < 1.29 is 0 Å². The van der Waals surface area contributed by atoms with Crippen molar-refractivity contribution in [2.45, 2.75) is 25.7 Å². The molecule has 2 heteroatoms. The van der Waals surface area contributed by atoms with E-state index in [1.165, 1.54) is 72.9 Å². The van der Waals surface area contributed by atoms with Gasteiger partial charge in [0.05, 0.1) is 5.69 Å². The summed E-state index contributed by atoms with van der Waals surface area (Å²) < 4.78 is 2.70. The van der Waals surface area contributed by atoms with E-state index >= 15 is 0 Å². The molecule has 6 rings (SSSR count). The zero-order valence-corrected chi connectivity index (χ0v) is 17.0. The number of pyridine rings is 1. The third-order valence-corrected chi connectivity index (χ3v) is 7.34. The first-order valence-electron chi connectivity index (χ1n) is 10.4. The molecule has 0 atom stereocenters. The molecule has 0 N–H and O–H groups in total. The topological polar surface area (TPSA) is 12.9 Å². The van der Waals surface area contributed by atoms with E-state index in [1.54, 1.807) is 0 Å². The molecular formula is C27H21NS. The highest BCUT2D eigenvalue weighted by Crippen LogP contribution is 2.44. The molecule has 2 heterocycles. The second-order valence-corrected chi connectivity index (χ2v) is 8.89. The van der Waals surface area contributed by atoms with Crippen LogP contribution >= 0.6 is 11.3 Å². The fourth-order valence-electron chi connectivity index (χ4n) is 4.79. The van der Waals surface area contributed by atoms with Gasteiger partial charge in [-0.3, -0.25) is 4.98 Å². The van der Waals surface area contributed by atoms with Crippen LogP contribution in [0.25, 0.3) is 42.6 Å². The number of thiophene rings is 1. The number of aryl methyl sites for hydroxylation is 1. The number of fused-ring (bicyclic) bond motifs is 4. The maximum absolute atomic E-state index is 4.87. The Hall–Kier alpha value is -2.97. The number of rotatable bonds is 2. The number of hydrogen-bond acceptors (Lipinski definition) is 2. The van der Waals surface area contributed by atoms with Crippen LogP contribution in [0.5, 0.6) is 0 Å². The molecule has 0 unspecified atom stereocenters. The van der Waals surface area contributed by atoms with Gasteiger partial charge >= 0.3 is 0 Å². The van der Waals surface area contributed by atoms with Crippen LogP contribution in [-0.2, 0) is 12.8 Å². The molecule has 1 aliphatic rings. The second kappa shape index (κ2) is 6.82. The fraction of sp³-hybridized carbons (Fsp3) is 0.148. The lowest BCUT2D eigenvalue weighted by atomic mass is 9.89. The fourth-order valence-corrected chi connectivity index (χ4v) is 6.03. The molecule has 0 aliphatic heterocycles. The van der Waals surface area contributed by atoms with Gasteiger partial charge in [-0.15, -0.1) is 11.3 Å². The molecule has 2 aromatic heterocycles. The van der Waals surface area contributed by atoms with Crippen molar-refractivity contribution >= 4 is 31.5 Å². The van der Waals surface area contributed by atoms with Gasteiger partial charge in [0.1, 0.15) is 0 Å². The molecule has 1 aliphatic carbocycles. The van der Waals surface area contributed by atoms with Crippen molar-refractivity contribution in [3.05, 3.63) is 90.1 Å². The Labute approximate surface area is 174 Å². The van der Waals surface area contributed by atoms with E-state index in [1.807, 2.05) is 17.5 Å². The van der Waals surface area contributed by atoms with Crippen molar-refractivity contribution in [3.63, 3.8) is 0 Å². The smallest absolute Gasteiger partial charge is 0.0751 e. The summed E-state index contributed by atoms with van der Waals surface area (Å²) in [6.07, 6.45) is 6.90. The van der Waals surface area contributed by atoms with Crippen LogP contribution in [0.1, 0.15) is 24.0 Å². The first kappa shape index (κ1) is 16.9. The minimum absolute atomic E-state index is 1.15. The third kappa shape index (κ3) is 2.71. The highest BCUT2D eigenvalue weighted by molar-refractivity contribution is 7.26. The molecular weight excluding hydrogens is 370 g/mol. The third-order valence-electron chi connectivity index (χ3n) is 6.14. The predicted octanol–water partition coefficient (Wildman–Crippen LogP) is 7.66. The molecule has 0 fully saturated rings. The van der Waals surface area contributed by atoms with Crippen LogP contribution in [0.4, 0.5) is 0 Å². The Balaban J connectivity index is 1.66. The van der Waals surface area contributed by atoms with E-state index in [-0.39, 0.29) is 0 Å². The van der Waals surface area contributed by atoms with Gasteiger partial charge in [0.25, 0.3) is 0 Å². The van der Waals surface area contributed by atoms with Gasteiger partial charge < -0.3 is 0 Å². The van der Waals surface area contributed by atoms with E-state index in [4.69, 9.17) is 4.98 Å². The Morgan fingerprint density at radius 2 is 1.55 bits per heavy atom. The highest BCUT2D eigenvalue weighted by Gasteiger charge is 2.19. The van der Waals surface area contributed by atoms with Crippen molar-refractivity contribution in [2.24, 2.45) is 0 Å². The van der Waals surface area contributed by atoms with Gasteiger partial charge in [-0.05, 0) is 60.1 Å². The van der Waals surface area contributed by atoms with E-state index in [0.29, 0.717) is 0 Å². The molecule has 0 spiro atoms. The lowest BCUT2D eigenvalue weighted by Gasteiger charge is -2.18. The number of nitrogens with zero attached hydrogens (tertiary/aromatic N) is 1. The monoisotopic (exact) mass is 391 g/mol. The SMILES string of the molecule is c1ccc(-c2cccc3sc4c(-c5nccc6c5CCCC6)cccc4c23)cc1. The summed E-state index contributed by atoms with van der Waals surface area (Å²) in [6, 6.07) is 26.4. The molecule has 3 aromatic carbocycles. The Kier molecular flexibility index (Phi) is 3.98. The van der Waals surface area contributed by atoms with Crippen molar-refractivity contribution in [1.29, 1.82) is 0 Å². The Morgan fingerprint density at radius 1 is 0.724 bits per heavy atom. The van der Waals surface area contributed by atoms with Crippen molar-refractivity contribution in [2.75, 3.05) is 0 Å². The summed E-state index contributed by atoms with van der Waals surface area (Å²) >= 11 is 1.90. The normalized spacial score (nSPS) is 13.7. The molecule has 0 bridgehead atoms. The average Bonchev–Trinajstić information content (AvgIpc) is 3.18. The molecule has 5 aromatic rings. The summed E-state index contributed by atoms with van der Waals surface area (Å²) in [5.74, 6) is 0. The molecule has 140 valence electrons. The van der Waals surface area contributed by atoms with Gasteiger partial charge in [0.2, 0.25) is 0 Å². The highest BCUT2D eigenvalue weighted by atomic mass is 32.1. The summed E-state index contributed by atoms with van der Waals surface area (Å²) in [4.78, 5) is 4.87. The maximum atomic E-state index is 4.87. The van der Waals surface area contributed by atoms with Gasteiger partial charge in [-0.1, -0.05) is 60.7 Å². The molecule has 0 radical (unpaired) electrons. The van der Waals surface area contributed by atoms with Gasteiger partial charge in [-0.2, -0.15) is 0 Å². The molecule has 0 saturated heterocycles. The summed E-state index contributed by atoms with van der Waals surface area (Å²) in [5, 5.41) is 2.71. The van der Waals surface area contributed by atoms with Crippen LogP contribution in [-0.4, -0.2) is 4.98 Å². The van der Waals surface area contributed by atoms with Crippen molar-refractivity contribution in [1.82, 2.24) is 4.98 Å². The molecule has 0 amide bonds. The number of aromatic nitrogens is 1. The summed E-state index contributed by atoms with van der Waals surface area (Å²) in [6.45, 7) is 0. The van der Waals surface area contributed by atoms with Crippen molar-refractivity contribution in [3.8, 4) is 22.4 Å². The molecule has 29 heavy (non-hydrogen) atoms. The first-order valence-corrected chi connectivity index (χ1v) is 11.2. The minimum atomic E-state index is 1.15. The van der Waals surface area contributed by atoms with Crippen LogP contribution in [0.3, 0.4) is 0 Å². The second-order valence-electron chi connectivity index (χ2n) is 7.83. The first-order chi connectivity index (χ1) is 14.4. The maximum Gasteiger partial charge on any atom is 0.0751 e. The predicted molar refractivity (Wildman–Crippen MR) is 125 cm³/mol.